The zero-order valence-electron chi connectivity index (χ0n) is 14.9. The number of rotatable bonds is 3. The van der Waals surface area contributed by atoms with Crippen molar-refractivity contribution < 1.29 is 14.5 Å². The summed E-state index contributed by atoms with van der Waals surface area (Å²) in [6.07, 6.45) is 0. The van der Waals surface area contributed by atoms with Gasteiger partial charge < -0.3 is 15.1 Å². The molecule has 8 heteroatoms. The molecule has 8 nitrogen and oxygen atoms in total. The molecule has 0 aliphatic carbocycles. The van der Waals surface area contributed by atoms with Gasteiger partial charge in [0.05, 0.1) is 4.92 Å². The third kappa shape index (κ3) is 4.41. The summed E-state index contributed by atoms with van der Waals surface area (Å²) < 4.78 is 0. The van der Waals surface area contributed by atoms with Crippen molar-refractivity contribution in [3.8, 4) is 0 Å². The van der Waals surface area contributed by atoms with Gasteiger partial charge in [0.25, 0.3) is 5.69 Å². The van der Waals surface area contributed by atoms with Gasteiger partial charge in [-0.1, -0.05) is 18.2 Å². The monoisotopic (exact) mass is 368 g/mol. The van der Waals surface area contributed by atoms with Gasteiger partial charge in [0, 0.05) is 49.7 Å². The van der Waals surface area contributed by atoms with E-state index in [1.54, 1.807) is 0 Å². The highest BCUT2D eigenvalue weighted by Gasteiger charge is 2.26. The molecule has 2 amide bonds. The van der Waals surface area contributed by atoms with E-state index in [2.05, 4.69) is 16.3 Å². The number of nitro benzene ring substituents is 1. The van der Waals surface area contributed by atoms with Crippen molar-refractivity contribution in [2.45, 2.75) is 6.92 Å². The summed E-state index contributed by atoms with van der Waals surface area (Å²) in [6.45, 7) is 4.18. The number of nitrogens with zero attached hydrogens (tertiary/aromatic N) is 3. The molecular formula is C19H20N4O4. The quantitative estimate of drug-likeness (QED) is 0.509. The first-order valence-corrected chi connectivity index (χ1v) is 8.60. The SMILES string of the molecule is Cc1cccc(N2CCN(C(=O)C(=O)Nc3cccc([N+](=O)[O-])c3)CC2)c1. The number of benzene rings is 2. The number of aryl methyl sites for hydroxylation is 1. The number of piperazine rings is 1. The average molecular weight is 368 g/mol. The second-order valence-electron chi connectivity index (χ2n) is 6.38. The topological polar surface area (TPSA) is 95.8 Å². The van der Waals surface area contributed by atoms with Gasteiger partial charge in [0.15, 0.2) is 0 Å². The van der Waals surface area contributed by atoms with E-state index in [1.165, 1.54) is 34.7 Å². The summed E-state index contributed by atoms with van der Waals surface area (Å²) >= 11 is 0. The predicted molar refractivity (Wildman–Crippen MR) is 102 cm³/mol. The van der Waals surface area contributed by atoms with Crippen molar-refractivity contribution in [1.82, 2.24) is 4.90 Å². The number of hydrogen-bond acceptors (Lipinski definition) is 5. The summed E-state index contributed by atoms with van der Waals surface area (Å²) in [7, 11) is 0. The Morgan fingerprint density at radius 2 is 1.74 bits per heavy atom. The maximum Gasteiger partial charge on any atom is 0.313 e. The Bertz CT molecular complexity index is 876. The molecule has 0 spiro atoms. The van der Waals surface area contributed by atoms with E-state index in [4.69, 9.17) is 0 Å². The summed E-state index contributed by atoms with van der Waals surface area (Å²) in [4.78, 5) is 38.5. The van der Waals surface area contributed by atoms with Gasteiger partial charge in [-0.2, -0.15) is 0 Å². The molecular weight excluding hydrogens is 348 g/mol. The minimum Gasteiger partial charge on any atom is -0.368 e. The van der Waals surface area contributed by atoms with Crippen molar-refractivity contribution in [3.05, 3.63) is 64.2 Å². The molecule has 0 aromatic heterocycles. The maximum absolute atomic E-state index is 12.4. The highest BCUT2D eigenvalue weighted by Crippen LogP contribution is 2.19. The van der Waals surface area contributed by atoms with E-state index in [0.717, 1.165) is 5.69 Å². The number of amides is 2. The molecule has 1 aliphatic rings. The second-order valence-corrected chi connectivity index (χ2v) is 6.38. The number of non-ortho nitro benzene ring substituents is 1. The van der Waals surface area contributed by atoms with Gasteiger partial charge in [0.2, 0.25) is 0 Å². The van der Waals surface area contributed by atoms with E-state index < -0.39 is 16.7 Å². The molecule has 1 heterocycles. The van der Waals surface area contributed by atoms with Crippen LogP contribution in [0.3, 0.4) is 0 Å². The Morgan fingerprint density at radius 1 is 1.04 bits per heavy atom. The van der Waals surface area contributed by atoms with Crippen LogP contribution in [0.1, 0.15) is 5.56 Å². The number of hydrogen-bond donors (Lipinski definition) is 1. The largest absolute Gasteiger partial charge is 0.368 e. The van der Waals surface area contributed by atoms with Crippen LogP contribution >= 0.6 is 0 Å². The van der Waals surface area contributed by atoms with Crippen LogP contribution in [0.15, 0.2) is 48.5 Å². The number of carbonyl (C=O) groups excluding carboxylic acids is 2. The lowest BCUT2D eigenvalue weighted by atomic mass is 10.2. The first kappa shape index (κ1) is 18.4. The molecule has 2 aromatic carbocycles. The molecule has 1 fully saturated rings. The van der Waals surface area contributed by atoms with Crippen LogP contribution in [0.2, 0.25) is 0 Å². The molecule has 2 aromatic rings. The van der Waals surface area contributed by atoms with Crippen LogP contribution in [0.4, 0.5) is 17.1 Å². The second kappa shape index (κ2) is 7.86. The van der Waals surface area contributed by atoms with Crippen molar-refractivity contribution in [3.63, 3.8) is 0 Å². The smallest absolute Gasteiger partial charge is 0.313 e. The average Bonchev–Trinajstić information content (AvgIpc) is 2.67. The Balaban J connectivity index is 1.58. The highest BCUT2D eigenvalue weighted by atomic mass is 16.6. The molecule has 27 heavy (non-hydrogen) atoms. The Morgan fingerprint density at radius 3 is 2.41 bits per heavy atom. The fourth-order valence-corrected chi connectivity index (χ4v) is 3.02. The maximum atomic E-state index is 12.4. The van der Waals surface area contributed by atoms with Gasteiger partial charge in [-0.05, 0) is 30.7 Å². The van der Waals surface area contributed by atoms with Crippen LogP contribution in [-0.2, 0) is 9.59 Å². The zero-order chi connectivity index (χ0) is 19.4. The number of anilines is 2. The highest BCUT2D eigenvalue weighted by molar-refractivity contribution is 6.39. The normalized spacial score (nSPS) is 14.0. The molecule has 0 atom stereocenters. The van der Waals surface area contributed by atoms with E-state index in [9.17, 15) is 19.7 Å². The molecule has 3 rings (SSSR count). The summed E-state index contributed by atoms with van der Waals surface area (Å²) in [5.74, 6) is -1.43. The molecule has 0 unspecified atom stereocenters. The fraction of sp³-hybridized carbons (Fsp3) is 0.263. The molecule has 0 radical (unpaired) electrons. The summed E-state index contributed by atoms with van der Waals surface area (Å²) in [5.41, 5.74) is 2.35. The Labute approximate surface area is 156 Å². The van der Waals surface area contributed by atoms with E-state index in [-0.39, 0.29) is 11.4 Å². The number of nitrogens with one attached hydrogen (secondary N) is 1. The molecule has 0 bridgehead atoms. The van der Waals surface area contributed by atoms with Gasteiger partial charge in [-0.25, -0.2) is 0 Å². The molecule has 0 saturated carbocycles. The third-order valence-electron chi connectivity index (χ3n) is 4.44. The predicted octanol–water partition coefficient (Wildman–Crippen LogP) is 2.19. The van der Waals surface area contributed by atoms with Crippen LogP contribution in [0.5, 0.6) is 0 Å². The van der Waals surface area contributed by atoms with E-state index in [1.807, 2.05) is 25.1 Å². The Kier molecular flexibility index (Phi) is 5.35. The number of nitro groups is 1. The van der Waals surface area contributed by atoms with Gasteiger partial charge >= 0.3 is 11.8 Å². The number of carbonyl (C=O) groups is 2. The molecule has 1 N–H and O–H groups in total. The lowest BCUT2D eigenvalue weighted by molar-refractivity contribution is -0.384. The van der Waals surface area contributed by atoms with Crippen LogP contribution < -0.4 is 10.2 Å². The summed E-state index contributed by atoms with van der Waals surface area (Å²) in [5, 5.41) is 13.2. The fourth-order valence-electron chi connectivity index (χ4n) is 3.02. The first-order valence-electron chi connectivity index (χ1n) is 8.60. The van der Waals surface area contributed by atoms with E-state index in [0.29, 0.717) is 26.2 Å². The Hall–Kier alpha value is -3.42. The van der Waals surface area contributed by atoms with Gasteiger partial charge in [-0.15, -0.1) is 0 Å². The molecule has 1 aliphatic heterocycles. The van der Waals surface area contributed by atoms with Crippen LogP contribution in [-0.4, -0.2) is 47.8 Å². The molecule has 140 valence electrons. The minimum absolute atomic E-state index is 0.146. The molecule has 1 saturated heterocycles. The minimum atomic E-state index is -0.792. The first-order chi connectivity index (χ1) is 12.9. The third-order valence-corrected chi connectivity index (χ3v) is 4.44. The van der Waals surface area contributed by atoms with Gasteiger partial charge in [-0.3, -0.25) is 19.7 Å². The van der Waals surface area contributed by atoms with Gasteiger partial charge in [0.1, 0.15) is 0 Å². The standard InChI is InChI=1S/C19H20N4O4/c1-14-4-2-6-16(12-14)21-8-10-22(11-9-21)19(25)18(24)20-15-5-3-7-17(13-15)23(26)27/h2-7,12-13H,8-11H2,1H3,(H,20,24). The lowest BCUT2D eigenvalue weighted by Crippen LogP contribution is -2.51. The lowest BCUT2D eigenvalue weighted by Gasteiger charge is -2.35. The van der Waals surface area contributed by atoms with Crippen molar-refractivity contribution >= 4 is 28.9 Å². The zero-order valence-corrected chi connectivity index (χ0v) is 14.9. The van der Waals surface area contributed by atoms with Crippen LogP contribution in [0, 0.1) is 17.0 Å². The van der Waals surface area contributed by atoms with E-state index >= 15 is 0 Å². The van der Waals surface area contributed by atoms with Crippen molar-refractivity contribution in [2.75, 3.05) is 36.4 Å². The van der Waals surface area contributed by atoms with Crippen LogP contribution in [0.25, 0.3) is 0 Å². The van der Waals surface area contributed by atoms with Crippen molar-refractivity contribution in [1.29, 1.82) is 0 Å². The van der Waals surface area contributed by atoms with Crippen molar-refractivity contribution in [2.24, 2.45) is 0 Å². The summed E-state index contributed by atoms with van der Waals surface area (Å²) in [6, 6.07) is 13.7.